The van der Waals surface area contributed by atoms with Gasteiger partial charge in [0.25, 0.3) is 5.56 Å². The smallest absolute Gasteiger partial charge is 0.413 e. The molecule has 1 fully saturated rings. The molecule has 0 aliphatic carbocycles. The van der Waals surface area contributed by atoms with E-state index < -0.39 is 29.6 Å². The van der Waals surface area contributed by atoms with Crippen LogP contribution in [0.5, 0.6) is 5.75 Å². The van der Waals surface area contributed by atoms with Crippen LogP contribution in [0.3, 0.4) is 0 Å². The second kappa shape index (κ2) is 8.27. The molecule has 174 valence electrons. The molecule has 0 amide bonds. The minimum absolute atomic E-state index is 0.0526. The predicted octanol–water partition coefficient (Wildman–Crippen LogP) is 2.61. The minimum Gasteiger partial charge on any atom is -0.497 e. The second-order valence-electron chi connectivity index (χ2n) is 8.06. The normalized spacial score (nSPS) is 21.1. The Bertz CT molecular complexity index is 1040. The van der Waals surface area contributed by atoms with Crippen LogP contribution >= 0.6 is 0 Å². The highest BCUT2D eigenvalue weighted by Gasteiger charge is 2.60. The number of aromatic nitrogens is 2. The Morgan fingerprint density at radius 1 is 1.19 bits per heavy atom. The van der Waals surface area contributed by atoms with Gasteiger partial charge in [-0.15, -0.1) is 0 Å². The summed E-state index contributed by atoms with van der Waals surface area (Å²) in [6, 6.07) is 6.99. The molecule has 0 N–H and O–H groups in total. The van der Waals surface area contributed by atoms with Crippen LogP contribution in [0.15, 0.2) is 29.1 Å². The minimum atomic E-state index is -4.66. The Balaban J connectivity index is 1.72. The van der Waals surface area contributed by atoms with E-state index >= 15 is 0 Å². The first-order valence-electron chi connectivity index (χ1n) is 10.3. The van der Waals surface area contributed by atoms with Gasteiger partial charge in [-0.1, -0.05) is 12.1 Å². The Hall–Kier alpha value is -2.82. The number of morpholine rings is 1. The SMILES string of the molecule is COc1ccc(CCN2c3nc(N4CCOCC4)c(F)c(=O)n3C[C@@]2(C)C(F)(F)F)cc1. The molecule has 0 radical (unpaired) electrons. The lowest BCUT2D eigenvalue weighted by Crippen LogP contribution is -2.56. The van der Waals surface area contributed by atoms with Crippen molar-refractivity contribution >= 4 is 11.8 Å². The third-order valence-electron chi connectivity index (χ3n) is 6.08. The molecule has 4 rings (SSSR count). The van der Waals surface area contributed by atoms with Crippen LogP contribution in [0.1, 0.15) is 12.5 Å². The van der Waals surface area contributed by atoms with E-state index in [-0.39, 0.29) is 24.7 Å². The molecule has 7 nitrogen and oxygen atoms in total. The van der Waals surface area contributed by atoms with Crippen molar-refractivity contribution in [1.29, 1.82) is 0 Å². The van der Waals surface area contributed by atoms with Crippen LogP contribution in [-0.4, -0.2) is 61.2 Å². The van der Waals surface area contributed by atoms with E-state index in [1.165, 1.54) is 12.0 Å². The van der Waals surface area contributed by atoms with Crippen molar-refractivity contribution in [2.75, 3.05) is 49.8 Å². The maximum Gasteiger partial charge on any atom is 0.413 e. The monoisotopic (exact) mass is 456 g/mol. The average molecular weight is 456 g/mol. The lowest BCUT2D eigenvalue weighted by atomic mass is 10.00. The summed E-state index contributed by atoms with van der Waals surface area (Å²) in [7, 11) is 1.53. The third kappa shape index (κ3) is 3.78. The number of fused-ring (bicyclic) bond motifs is 1. The maximum absolute atomic E-state index is 14.8. The average Bonchev–Trinajstić information content (AvgIpc) is 3.08. The first-order chi connectivity index (χ1) is 15.2. The fraction of sp³-hybridized carbons (Fsp3) is 0.524. The van der Waals surface area contributed by atoms with Crippen LogP contribution in [0.2, 0.25) is 0 Å². The third-order valence-corrected chi connectivity index (χ3v) is 6.08. The summed E-state index contributed by atoms with van der Waals surface area (Å²) in [6.07, 6.45) is -4.39. The van der Waals surface area contributed by atoms with Crippen molar-refractivity contribution in [3.63, 3.8) is 0 Å². The molecule has 1 saturated heterocycles. The molecule has 11 heteroatoms. The Kier molecular flexibility index (Phi) is 5.78. The van der Waals surface area contributed by atoms with E-state index in [4.69, 9.17) is 9.47 Å². The summed E-state index contributed by atoms with van der Waals surface area (Å²) in [4.78, 5) is 19.5. The van der Waals surface area contributed by atoms with E-state index in [0.717, 1.165) is 22.0 Å². The molecule has 0 saturated carbocycles. The summed E-state index contributed by atoms with van der Waals surface area (Å²) < 4.78 is 68.4. The number of benzene rings is 1. The quantitative estimate of drug-likeness (QED) is 0.645. The standard InChI is InChI=1S/C21H24F4N4O3/c1-20(21(23,24)25)13-28-18(30)16(22)17(27-9-11-32-12-10-27)26-19(28)29(20)8-7-14-3-5-15(31-2)6-4-14/h3-6H,7-13H2,1-2H3/t20-/m0/s1. The van der Waals surface area contributed by atoms with Gasteiger partial charge in [0, 0.05) is 19.6 Å². The Labute approximate surface area is 182 Å². The zero-order valence-electron chi connectivity index (χ0n) is 17.8. The van der Waals surface area contributed by atoms with Gasteiger partial charge in [0.1, 0.15) is 5.75 Å². The van der Waals surface area contributed by atoms with Gasteiger partial charge in [-0.05, 0) is 31.0 Å². The van der Waals surface area contributed by atoms with Gasteiger partial charge in [0.15, 0.2) is 11.4 Å². The number of rotatable bonds is 5. The summed E-state index contributed by atoms with van der Waals surface area (Å²) in [5.74, 6) is -0.909. The number of nitrogens with zero attached hydrogens (tertiary/aromatic N) is 4. The number of hydrogen-bond donors (Lipinski definition) is 0. The van der Waals surface area contributed by atoms with Crippen LogP contribution < -0.4 is 20.1 Å². The van der Waals surface area contributed by atoms with Gasteiger partial charge < -0.3 is 19.3 Å². The number of methoxy groups -OCH3 is 1. The van der Waals surface area contributed by atoms with Crippen molar-refractivity contribution < 1.29 is 27.0 Å². The number of halogens is 4. The molecular formula is C21H24F4N4O3. The van der Waals surface area contributed by atoms with Crippen molar-refractivity contribution in [1.82, 2.24) is 9.55 Å². The molecule has 2 aliphatic heterocycles. The molecular weight excluding hydrogens is 432 g/mol. The highest BCUT2D eigenvalue weighted by molar-refractivity contribution is 5.51. The van der Waals surface area contributed by atoms with Crippen LogP contribution in [-0.2, 0) is 17.7 Å². The number of ether oxygens (including phenoxy) is 2. The van der Waals surface area contributed by atoms with E-state index in [1.807, 2.05) is 0 Å². The van der Waals surface area contributed by atoms with Crippen LogP contribution in [0.25, 0.3) is 0 Å². The Morgan fingerprint density at radius 3 is 2.44 bits per heavy atom. The number of alkyl halides is 3. The Morgan fingerprint density at radius 2 is 1.84 bits per heavy atom. The lowest BCUT2D eigenvalue weighted by molar-refractivity contribution is -0.182. The van der Waals surface area contributed by atoms with Gasteiger partial charge >= 0.3 is 6.18 Å². The number of hydrogen-bond acceptors (Lipinski definition) is 6. The molecule has 0 bridgehead atoms. The van der Waals surface area contributed by atoms with Crippen molar-refractivity contribution in [2.45, 2.75) is 31.6 Å². The van der Waals surface area contributed by atoms with Crippen LogP contribution in [0.4, 0.5) is 29.3 Å². The van der Waals surface area contributed by atoms with Gasteiger partial charge in [-0.25, -0.2) is 0 Å². The maximum atomic E-state index is 14.8. The van der Waals surface area contributed by atoms with Crippen molar-refractivity contribution in [2.24, 2.45) is 0 Å². The molecule has 1 aromatic heterocycles. The van der Waals surface area contributed by atoms with E-state index in [2.05, 4.69) is 4.98 Å². The zero-order valence-corrected chi connectivity index (χ0v) is 17.8. The summed E-state index contributed by atoms with van der Waals surface area (Å²) in [5.41, 5.74) is -2.69. The van der Waals surface area contributed by atoms with Gasteiger partial charge in [-0.2, -0.15) is 22.5 Å². The molecule has 3 heterocycles. The molecule has 32 heavy (non-hydrogen) atoms. The topological polar surface area (TPSA) is 59.8 Å². The summed E-state index contributed by atoms with van der Waals surface area (Å²) in [6.45, 7) is 1.48. The predicted molar refractivity (Wildman–Crippen MR) is 110 cm³/mol. The highest BCUT2D eigenvalue weighted by atomic mass is 19.4. The molecule has 1 atom stereocenters. The number of anilines is 2. The molecule has 0 spiro atoms. The van der Waals surface area contributed by atoms with E-state index in [0.29, 0.717) is 32.1 Å². The van der Waals surface area contributed by atoms with Crippen LogP contribution in [0, 0.1) is 5.82 Å². The largest absolute Gasteiger partial charge is 0.497 e. The fourth-order valence-corrected chi connectivity index (χ4v) is 4.08. The molecule has 1 aromatic carbocycles. The van der Waals surface area contributed by atoms with Crippen molar-refractivity contribution in [3.05, 3.63) is 46.0 Å². The first kappa shape index (κ1) is 22.4. The second-order valence-corrected chi connectivity index (χ2v) is 8.06. The molecule has 2 aliphatic rings. The molecule has 0 unspecified atom stereocenters. The highest BCUT2D eigenvalue weighted by Crippen LogP contribution is 2.43. The summed E-state index contributed by atoms with van der Waals surface area (Å²) in [5, 5.41) is 0. The van der Waals surface area contributed by atoms with Gasteiger partial charge in [0.05, 0.1) is 26.9 Å². The first-order valence-corrected chi connectivity index (χ1v) is 10.3. The molecule has 2 aromatic rings. The van der Waals surface area contributed by atoms with E-state index in [9.17, 15) is 22.4 Å². The lowest BCUT2D eigenvalue weighted by Gasteiger charge is -2.37. The van der Waals surface area contributed by atoms with Crippen molar-refractivity contribution in [3.8, 4) is 5.75 Å². The summed E-state index contributed by atoms with van der Waals surface area (Å²) >= 11 is 0. The van der Waals surface area contributed by atoms with E-state index in [1.54, 1.807) is 24.3 Å². The zero-order chi connectivity index (χ0) is 23.1. The fourth-order valence-electron chi connectivity index (χ4n) is 4.08. The van der Waals surface area contributed by atoms with Gasteiger partial charge in [-0.3, -0.25) is 9.36 Å². The van der Waals surface area contributed by atoms with Gasteiger partial charge in [0.2, 0.25) is 11.8 Å².